The van der Waals surface area contributed by atoms with E-state index in [9.17, 15) is 31.2 Å². The van der Waals surface area contributed by atoms with Crippen molar-refractivity contribution in [2.45, 2.75) is 12.4 Å². The smallest absolute Gasteiger partial charge is 0.460 e. The third-order valence-corrected chi connectivity index (χ3v) is 5.00. The Bertz CT molecular complexity index is 1230. The van der Waals surface area contributed by atoms with Crippen LogP contribution in [0, 0.1) is 0 Å². The summed E-state index contributed by atoms with van der Waals surface area (Å²) in [5, 5.41) is 0.742. The van der Waals surface area contributed by atoms with E-state index in [-0.39, 0.29) is 17.4 Å². The summed E-state index contributed by atoms with van der Waals surface area (Å²) in [7, 11) is -6.11. The van der Waals surface area contributed by atoms with Crippen LogP contribution in [0.5, 0.6) is 5.75 Å². The number of ether oxygens (including phenoxy) is 1. The zero-order chi connectivity index (χ0) is 21.4. The number of hydrogen-bond donors (Lipinski definition) is 0. The van der Waals surface area contributed by atoms with Crippen molar-refractivity contribution < 1.29 is 40.1 Å². The standard InChI is InChI=1S/C19H13F3O6S/c1-2-27-18(24)16(23)15-13-9-5-3-7-11(13)12-8-4-6-10-14(12)17(15)28-29(25,26)19(20,21)22/h3-10H,2H2,1H3. The maximum absolute atomic E-state index is 13.0. The first-order valence-electron chi connectivity index (χ1n) is 8.24. The van der Waals surface area contributed by atoms with E-state index in [1.807, 2.05) is 0 Å². The number of ketones is 1. The van der Waals surface area contributed by atoms with Gasteiger partial charge in [0.05, 0.1) is 12.2 Å². The summed E-state index contributed by atoms with van der Waals surface area (Å²) in [5.74, 6) is -3.54. The van der Waals surface area contributed by atoms with Gasteiger partial charge in [-0.15, -0.1) is 0 Å². The Labute approximate surface area is 163 Å². The summed E-state index contributed by atoms with van der Waals surface area (Å²) >= 11 is 0. The van der Waals surface area contributed by atoms with Crippen molar-refractivity contribution in [3.63, 3.8) is 0 Å². The summed E-state index contributed by atoms with van der Waals surface area (Å²) in [5.41, 5.74) is -6.35. The molecule has 0 saturated heterocycles. The lowest BCUT2D eigenvalue weighted by Gasteiger charge is -2.17. The molecule has 152 valence electrons. The van der Waals surface area contributed by atoms with Gasteiger partial charge in [-0.25, -0.2) is 4.79 Å². The molecule has 0 fully saturated rings. The van der Waals surface area contributed by atoms with Gasteiger partial charge in [0.2, 0.25) is 0 Å². The number of alkyl halides is 3. The molecule has 0 heterocycles. The predicted octanol–water partition coefficient (Wildman–Crippen LogP) is 3.97. The van der Waals surface area contributed by atoms with E-state index in [0.29, 0.717) is 10.8 Å². The van der Waals surface area contributed by atoms with Crippen molar-refractivity contribution in [2.75, 3.05) is 6.61 Å². The number of Topliss-reactive ketones (excluding diaryl/α,β-unsaturated/α-hetero) is 1. The second kappa shape index (κ2) is 7.36. The van der Waals surface area contributed by atoms with E-state index in [2.05, 4.69) is 8.92 Å². The SMILES string of the molecule is CCOC(=O)C(=O)c1c(OS(=O)(=O)C(F)(F)F)c2ccccc2c2ccccc12. The Morgan fingerprint density at radius 2 is 1.38 bits per heavy atom. The number of benzene rings is 3. The van der Waals surface area contributed by atoms with E-state index in [1.165, 1.54) is 37.3 Å². The highest BCUT2D eigenvalue weighted by atomic mass is 32.2. The molecular weight excluding hydrogens is 413 g/mol. The third-order valence-electron chi connectivity index (χ3n) is 4.05. The fourth-order valence-electron chi connectivity index (χ4n) is 2.88. The number of hydrogen-bond acceptors (Lipinski definition) is 6. The lowest BCUT2D eigenvalue weighted by molar-refractivity contribution is -0.137. The van der Waals surface area contributed by atoms with Crippen LogP contribution in [0.1, 0.15) is 17.3 Å². The fourth-order valence-corrected chi connectivity index (χ4v) is 3.36. The molecule has 3 rings (SSSR count). The van der Waals surface area contributed by atoms with Gasteiger partial charge in [0, 0.05) is 5.39 Å². The minimum Gasteiger partial charge on any atom is -0.460 e. The molecule has 0 bridgehead atoms. The Morgan fingerprint density at radius 1 is 0.897 bits per heavy atom. The Hall–Kier alpha value is -3.14. The third kappa shape index (κ3) is 3.63. The zero-order valence-corrected chi connectivity index (χ0v) is 15.6. The Morgan fingerprint density at radius 3 is 1.90 bits per heavy atom. The van der Waals surface area contributed by atoms with Crippen molar-refractivity contribution in [2.24, 2.45) is 0 Å². The number of halogens is 3. The predicted molar refractivity (Wildman–Crippen MR) is 98.0 cm³/mol. The van der Waals surface area contributed by atoms with E-state index in [4.69, 9.17) is 0 Å². The van der Waals surface area contributed by atoms with Gasteiger partial charge in [-0.05, 0) is 23.1 Å². The largest absolute Gasteiger partial charge is 0.534 e. The average molecular weight is 426 g/mol. The van der Waals surface area contributed by atoms with Crippen LogP contribution in [0.15, 0.2) is 48.5 Å². The first-order valence-corrected chi connectivity index (χ1v) is 9.65. The molecule has 0 unspecified atom stereocenters. The number of carbonyl (C=O) groups is 2. The molecule has 29 heavy (non-hydrogen) atoms. The quantitative estimate of drug-likeness (QED) is 0.153. The van der Waals surface area contributed by atoms with Crippen LogP contribution in [-0.4, -0.2) is 32.3 Å². The van der Waals surface area contributed by atoms with Gasteiger partial charge < -0.3 is 8.92 Å². The second-order valence-corrected chi connectivity index (χ2v) is 7.37. The van der Waals surface area contributed by atoms with Crippen LogP contribution < -0.4 is 4.18 Å². The van der Waals surface area contributed by atoms with E-state index in [0.717, 1.165) is 0 Å². The molecule has 0 amide bonds. The van der Waals surface area contributed by atoms with Gasteiger partial charge in [-0.2, -0.15) is 21.6 Å². The van der Waals surface area contributed by atoms with Crippen molar-refractivity contribution in [1.29, 1.82) is 0 Å². The van der Waals surface area contributed by atoms with Crippen LogP contribution in [0.3, 0.4) is 0 Å². The van der Waals surface area contributed by atoms with Crippen LogP contribution >= 0.6 is 0 Å². The molecule has 0 radical (unpaired) electrons. The molecule has 10 heteroatoms. The molecule has 0 atom stereocenters. The van der Waals surface area contributed by atoms with Crippen molar-refractivity contribution in [3.05, 3.63) is 54.1 Å². The monoisotopic (exact) mass is 426 g/mol. The van der Waals surface area contributed by atoms with Gasteiger partial charge in [-0.3, -0.25) is 4.79 Å². The summed E-state index contributed by atoms with van der Waals surface area (Å²) in [6, 6.07) is 11.9. The van der Waals surface area contributed by atoms with Gasteiger partial charge >= 0.3 is 21.6 Å². The summed E-state index contributed by atoms with van der Waals surface area (Å²) in [6.45, 7) is 1.28. The minimum atomic E-state index is -6.11. The van der Waals surface area contributed by atoms with E-state index < -0.39 is 38.7 Å². The minimum absolute atomic E-state index is 0.0524. The average Bonchev–Trinajstić information content (AvgIpc) is 2.67. The Balaban J connectivity index is 2.44. The van der Waals surface area contributed by atoms with Gasteiger partial charge in [0.25, 0.3) is 5.78 Å². The van der Waals surface area contributed by atoms with Crippen LogP contribution in [0.25, 0.3) is 21.5 Å². The van der Waals surface area contributed by atoms with Gasteiger partial charge in [-0.1, -0.05) is 48.5 Å². The van der Waals surface area contributed by atoms with Crippen molar-refractivity contribution in [3.8, 4) is 5.75 Å². The molecule has 0 N–H and O–H groups in total. The molecule has 3 aromatic carbocycles. The first kappa shape index (κ1) is 20.6. The molecule has 3 aromatic rings. The van der Waals surface area contributed by atoms with Gasteiger partial charge in [0.1, 0.15) is 0 Å². The number of fused-ring (bicyclic) bond motifs is 3. The number of rotatable bonds is 5. The number of carbonyl (C=O) groups excluding carboxylic acids is 2. The molecule has 0 aliphatic rings. The normalized spacial score (nSPS) is 12.1. The van der Waals surface area contributed by atoms with Crippen molar-refractivity contribution in [1.82, 2.24) is 0 Å². The molecular formula is C19H13F3O6S. The molecule has 0 aliphatic carbocycles. The maximum Gasteiger partial charge on any atom is 0.534 e. The van der Waals surface area contributed by atoms with Crippen molar-refractivity contribution >= 4 is 43.4 Å². The van der Waals surface area contributed by atoms with Crippen LogP contribution in [0.2, 0.25) is 0 Å². The Kier molecular flexibility index (Phi) is 5.22. The summed E-state index contributed by atoms with van der Waals surface area (Å²) < 4.78 is 71.3. The number of esters is 1. The van der Waals surface area contributed by atoms with E-state index in [1.54, 1.807) is 18.2 Å². The fraction of sp³-hybridized carbons (Fsp3) is 0.158. The zero-order valence-electron chi connectivity index (χ0n) is 14.8. The molecule has 0 saturated carbocycles. The van der Waals surface area contributed by atoms with Gasteiger partial charge in [0.15, 0.2) is 5.75 Å². The van der Waals surface area contributed by atoms with Crippen LogP contribution in [-0.2, 0) is 19.6 Å². The summed E-state index contributed by atoms with van der Waals surface area (Å²) in [6.07, 6.45) is 0. The molecule has 0 aliphatic heterocycles. The molecule has 0 aromatic heterocycles. The summed E-state index contributed by atoms with van der Waals surface area (Å²) in [4.78, 5) is 24.8. The second-order valence-electron chi connectivity index (χ2n) is 5.83. The maximum atomic E-state index is 13.0. The lowest BCUT2D eigenvalue weighted by atomic mass is 9.94. The molecule has 0 spiro atoms. The highest BCUT2D eigenvalue weighted by Crippen LogP contribution is 2.40. The lowest BCUT2D eigenvalue weighted by Crippen LogP contribution is -2.29. The molecule has 6 nitrogen and oxygen atoms in total. The topological polar surface area (TPSA) is 86.7 Å². The van der Waals surface area contributed by atoms with E-state index >= 15 is 0 Å². The highest BCUT2D eigenvalue weighted by Gasteiger charge is 2.49. The van der Waals surface area contributed by atoms with Crippen LogP contribution in [0.4, 0.5) is 13.2 Å². The first-order chi connectivity index (χ1) is 13.6. The highest BCUT2D eigenvalue weighted by molar-refractivity contribution is 7.88.